The molecule has 0 aliphatic carbocycles. The third-order valence-corrected chi connectivity index (χ3v) is 4.61. The Bertz CT molecular complexity index is 333. The Morgan fingerprint density at radius 1 is 1.00 bits per heavy atom. The zero-order valence-corrected chi connectivity index (χ0v) is 11.0. The molecule has 0 saturated heterocycles. The molecule has 0 spiro atoms. The number of benzene rings is 1. The lowest BCUT2D eigenvalue weighted by molar-refractivity contribution is 0.467. The Labute approximate surface area is 98.2 Å². The first-order chi connectivity index (χ1) is 6.54. The van der Waals surface area contributed by atoms with E-state index in [1.54, 1.807) is 23.5 Å². The molecule has 1 rings (SSSR count). The maximum atomic E-state index is 9.80. The van der Waals surface area contributed by atoms with E-state index in [-0.39, 0.29) is 5.75 Å². The molecule has 0 aliphatic rings. The van der Waals surface area contributed by atoms with Gasteiger partial charge in [0, 0.05) is 15.4 Å². The van der Waals surface area contributed by atoms with Crippen molar-refractivity contribution in [1.29, 1.82) is 0 Å². The fraction of sp³-hybridized carbons (Fsp3) is 0.400. The first-order valence-electron chi connectivity index (χ1n) is 4.14. The van der Waals surface area contributed by atoms with Crippen molar-refractivity contribution in [3.63, 3.8) is 0 Å². The van der Waals surface area contributed by atoms with E-state index in [2.05, 4.69) is 0 Å². The molecule has 0 unspecified atom stereocenters. The maximum absolute atomic E-state index is 9.80. The van der Waals surface area contributed by atoms with Gasteiger partial charge in [-0.15, -0.1) is 23.5 Å². The van der Waals surface area contributed by atoms with E-state index in [1.807, 2.05) is 26.4 Å². The van der Waals surface area contributed by atoms with Gasteiger partial charge < -0.3 is 5.11 Å². The number of phenols is 1. The highest BCUT2D eigenvalue weighted by molar-refractivity contribution is 7.99. The first kappa shape index (κ1) is 12.1. The van der Waals surface area contributed by atoms with Crippen molar-refractivity contribution in [3.05, 3.63) is 16.1 Å². The van der Waals surface area contributed by atoms with E-state index in [1.165, 1.54) is 0 Å². The van der Waals surface area contributed by atoms with Gasteiger partial charge in [0.1, 0.15) is 5.75 Å². The van der Waals surface area contributed by atoms with Crippen molar-refractivity contribution in [3.8, 4) is 5.75 Å². The van der Waals surface area contributed by atoms with E-state index in [0.29, 0.717) is 5.02 Å². The Morgan fingerprint density at radius 2 is 1.50 bits per heavy atom. The second kappa shape index (κ2) is 4.69. The molecule has 14 heavy (non-hydrogen) atoms. The number of thioether (sulfide) groups is 2. The second-order valence-corrected chi connectivity index (χ2v) is 4.99. The molecule has 1 aromatic carbocycles. The Balaban J connectivity index is 3.56. The molecule has 0 heterocycles. The van der Waals surface area contributed by atoms with Crippen LogP contribution in [-0.2, 0) is 0 Å². The summed E-state index contributed by atoms with van der Waals surface area (Å²) in [6, 6.07) is 0. The van der Waals surface area contributed by atoms with Crippen LogP contribution in [-0.4, -0.2) is 17.6 Å². The molecular formula is C10H13ClOS2. The zero-order valence-electron chi connectivity index (χ0n) is 8.64. The molecule has 1 aromatic rings. The van der Waals surface area contributed by atoms with Crippen LogP contribution in [0.5, 0.6) is 5.75 Å². The lowest BCUT2D eigenvalue weighted by atomic mass is 10.1. The van der Waals surface area contributed by atoms with Crippen LogP contribution in [0.4, 0.5) is 0 Å². The number of phenolic OH excluding ortho intramolecular Hbond substituents is 1. The van der Waals surface area contributed by atoms with Gasteiger partial charge >= 0.3 is 0 Å². The highest BCUT2D eigenvalue weighted by atomic mass is 35.5. The van der Waals surface area contributed by atoms with E-state index in [4.69, 9.17) is 11.6 Å². The minimum Gasteiger partial charge on any atom is -0.506 e. The van der Waals surface area contributed by atoms with E-state index >= 15 is 0 Å². The van der Waals surface area contributed by atoms with Gasteiger partial charge in [-0.2, -0.15) is 0 Å². The van der Waals surface area contributed by atoms with Gasteiger partial charge in [0.25, 0.3) is 0 Å². The number of halogens is 1. The molecular weight excluding hydrogens is 236 g/mol. The van der Waals surface area contributed by atoms with Gasteiger partial charge in [-0.25, -0.2) is 0 Å². The van der Waals surface area contributed by atoms with Crippen LogP contribution in [0, 0.1) is 13.8 Å². The highest BCUT2D eigenvalue weighted by Gasteiger charge is 2.16. The van der Waals surface area contributed by atoms with Crippen molar-refractivity contribution >= 4 is 35.1 Å². The molecule has 1 N–H and O–H groups in total. The lowest BCUT2D eigenvalue weighted by Crippen LogP contribution is -1.91. The third-order valence-electron chi connectivity index (χ3n) is 2.19. The standard InChI is InChI=1S/C10H13ClOS2/c1-5-8(12)7(11)10(14-4)6(2)9(5)13-3/h12H,1-4H3. The smallest absolute Gasteiger partial charge is 0.139 e. The summed E-state index contributed by atoms with van der Waals surface area (Å²) in [6.45, 7) is 3.93. The molecule has 1 nitrogen and oxygen atoms in total. The second-order valence-electron chi connectivity index (χ2n) is 2.98. The van der Waals surface area contributed by atoms with Crippen LogP contribution >= 0.6 is 35.1 Å². The van der Waals surface area contributed by atoms with Gasteiger partial charge in [0.15, 0.2) is 0 Å². The summed E-state index contributed by atoms with van der Waals surface area (Å²) in [7, 11) is 0. The minimum atomic E-state index is 0.214. The molecule has 0 atom stereocenters. The molecule has 4 heteroatoms. The minimum absolute atomic E-state index is 0.214. The molecule has 0 aromatic heterocycles. The van der Waals surface area contributed by atoms with Gasteiger partial charge in [0.2, 0.25) is 0 Å². The van der Waals surface area contributed by atoms with Crippen molar-refractivity contribution in [1.82, 2.24) is 0 Å². The number of hydrogen-bond acceptors (Lipinski definition) is 3. The monoisotopic (exact) mass is 248 g/mol. The summed E-state index contributed by atoms with van der Waals surface area (Å²) in [5, 5.41) is 10.3. The van der Waals surface area contributed by atoms with Crippen molar-refractivity contribution in [2.24, 2.45) is 0 Å². The van der Waals surface area contributed by atoms with Crippen LogP contribution in [0.25, 0.3) is 0 Å². The summed E-state index contributed by atoms with van der Waals surface area (Å²) < 4.78 is 0. The summed E-state index contributed by atoms with van der Waals surface area (Å²) in [5.74, 6) is 0.214. The zero-order chi connectivity index (χ0) is 10.9. The van der Waals surface area contributed by atoms with Crippen molar-refractivity contribution < 1.29 is 5.11 Å². The van der Waals surface area contributed by atoms with Crippen molar-refractivity contribution in [2.75, 3.05) is 12.5 Å². The molecule has 0 fully saturated rings. The Hall–Kier alpha value is 0.01000. The quantitative estimate of drug-likeness (QED) is 0.796. The largest absolute Gasteiger partial charge is 0.506 e. The predicted octanol–water partition coefficient (Wildman–Crippen LogP) is 4.11. The normalized spacial score (nSPS) is 10.6. The first-order valence-corrected chi connectivity index (χ1v) is 6.96. The van der Waals surface area contributed by atoms with Crippen LogP contribution in [0.2, 0.25) is 5.02 Å². The van der Waals surface area contributed by atoms with E-state index in [9.17, 15) is 5.11 Å². The molecule has 78 valence electrons. The maximum Gasteiger partial charge on any atom is 0.139 e. The van der Waals surface area contributed by atoms with Gasteiger partial charge in [-0.1, -0.05) is 11.6 Å². The molecule has 0 saturated carbocycles. The lowest BCUT2D eigenvalue weighted by Gasteiger charge is -2.15. The van der Waals surface area contributed by atoms with Crippen LogP contribution in [0.1, 0.15) is 11.1 Å². The van der Waals surface area contributed by atoms with Crippen molar-refractivity contribution in [2.45, 2.75) is 23.6 Å². The average molecular weight is 249 g/mol. The Kier molecular flexibility index (Phi) is 4.04. The van der Waals surface area contributed by atoms with Gasteiger partial charge in [-0.3, -0.25) is 0 Å². The summed E-state index contributed by atoms with van der Waals surface area (Å²) in [6.07, 6.45) is 3.97. The van der Waals surface area contributed by atoms with Crippen LogP contribution in [0.3, 0.4) is 0 Å². The number of aromatic hydroxyl groups is 1. The number of rotatable bonds is 2. The topological polar surface area (TPSA) is 20.2 Å². The molecule has 0 bridgehead atoms. The van der Waals surface area contributed by atoms with Gasteiger partial charge in [0.05, 0.1) is 5.02 Å². The van der Waals surface area contributed by atoms with E-state index < -0.39 is 0 Å². The average Bonchev–Trinajstić information content (AvgIpc) is 2.16. The summed E-state index contributed by atoms with van der Waals surface area (Å²) in [5.41, 5.74) is 2.03. The number of hydrogen-bond donors (Lipinski definition) is 1. The molecule has 0 radical (unpaired) electrons. The van der Waals surface area contributed by atoms with Gasteiger partial charge in [-0.05, 0) is 31.9 Å². The summed E-state index contributed by atoms with van der Waals surface area (Å²) in [4.78, 5) is 2.09. The summed E-state index contributed by atoms with van der Waals surface area (Å²) >= 11 is 9.26. The van der Waals surface area contributed by atoms with Crippen LogP contribution in [0.15, 0.2) is 9.79 Å². The predicted molar refractivity (Wildman–Crippen MR) is 66.2 cm³/mol. The van der Waals surface area contributed by atoms with E-state index in [0.717, 1.165) is 20.9 Å². The molecule has 0 amide bonds. The van der Waals surface area contributed by atoms with Crippen LogP contribution < -0.4 is 0 Å². The fourth-order valence-corrected chi connectivity index (χ4v) is 3.55. The highest BCUT2D eigenvalue weighted by Crippen LogP contribution is 2.43. The SMILES string of the molecule is CSc1c(C)c(O)c(Cl)c(SC)c1C. The molecule has 0 aliphatic heterocycles. The fourth-order valence-electron chi connectivity index (χ4n) is 1.48. The third kappa shape index (κ3) is 1.86. The Morgan fingerprint density at radius 3 is 1.93 bits per heavy atom.